The molecule has 0 amide bonds. The lowest BCUT2D eigenvalue weighted by molar-refractivity contribution is -0.134. The largest absolute Gasteiger partial charge is 0.497 e. The van der Waals surface area contributed by atoms with Crippen molar-refractivity contribution in [3.63, 3.8) is 0 Å². The Morgan fingerprint density at radius 2 is 1.94 bits per heavy atom. The molecule has 1 aromatic carbocycles. The molecular formula is C20H20N4O7. The van der Waals surface area contributed by atoms with E-state index in [1.54, 1.807) is 31.6 Å². The third-order valence-corrected chi connectivity index (χ3v) is 4.82. The fourth-order valence-corrected chi connectivity index (χ4v) is 3.37. The van der Waals surface area contributed by atoms with Gasteiger partial charge in [0, 0.05) is 36.3 Å². The van der Waals surface area contributed by atoms with Crippen LogP contribution in [0.3, 0.4) is 0 Å². The molecule has 2 aromatic heterocycles. The molecule has 2 heterocycles. The molecule has 31 heavy (non-hydrogen) atoms. The molecule has 0 saturated carbocycles. The summed E-state index contributed by atoms with van der Waals surface area (Å²) in [5.74, 6) is -2.29. The Bertz CT molecular complexity index is 1200. The van der Waals surface area contributed by atoms with Crippen LogP contribution >= 0.6 is 0 Å². The van der Waals surface area contributed by atoms with Gasteiger partial charge in [-0.05, 0) is 25.0 Å². The van der Waals surface area contributed by atoms with Gasteiger partial charge in [-0.1, -0.05) is 0 Å². The van der Waals surface area contributed by atoms with Gasteiger partial charge in [-0.2, -0.15) is 0 Å². The highest BCUT2D eigenvalue weighted by atomic mass is 16.5. The Hall–Kier alpha value is -4.15. The average molecular weight is 428 g/mol. The van der Waals surface area contributed by atoms with Gasteiger partial charge in [0.2, 0.25) is 5.91 Å². The molecule has 1 atom stereocenters. The standard InChI is InChI=1S/C16H16N4O3.C4H4O4/c1-23-10-3-5-14-13(7-10)19-16(22)20(14)15(21)9-2-4-11-12(6-9)18-8-17-11;5-3(6)1-2-4(7)8/h3,5,7-9H,2,4,6H2,1H3,(H,17,18)(H,19,22);1-2H,(H,5,6)(H,7,8)/b;2-1+. The van der Waals surface area contributed by atoms with Crippen LogP contribution in [0.1, 0.15) is 22.6 Å². The Kier molecular flexibility index (Phi) is 6.34. The van der Waals surface area contributed by atoms with Gasteiger partial charge in [0.05, 0.1) is 30.2 Å². The quantitative estimate of drug-likeness (QED) is 0.450. The minimum atomic E-state index is -1.26. The number of rotatable bonds is 4. The van der Waals surface area contributed by atoms with Crippen LogP contribution in [0.4, 0.5) is 0 Å². The number of H-pyrrole nitrogens is 2. The summed E-state index contributed by atoms with van der Waals surface area (Å²) in [7, 11) is 1.56. The lowest BCUT2D eigenvalue weighted by Gasteiger charge is -2.20. The molecule has 4 N–H and O–H groups in total. The average Bonchev–Trinajstić information content (AvgIpc) is 3.34. The van der Waals surface area contributed by atoms with E-state index in [1.807, 2.05) is 0 Å². The summed E-state index contributed by atoms with van der Waals surface area (Å²) >= 11 is 0. The van der Waals surface area contributed by atoms with Crippen molar-refractivity contribution in [2.75, 3.05) is 7.11 Å². The number of methoxy groups -OCH3 is 1. The molecule has 0 spiro atoms. The number of nitrogens with zero attached hydrogens (tertiary/aromatic N) is 2. The van der Waals surface area contributed by atoms with Gasteiger partial charge in [-0.15, -0.1) is 0 Å². The van der Waals surface area contributed by atoms with Crippen LogP contribution in [0.15, 0.2) is 41.5 Å². The Labute approximate surface area is 175 Å². The van der Waals surface area contributed by atoms with Crippen LogP contribution in [0, 0.1) is 5.92 Å². The zero-order chi connectivity index (χ0) is 22.5. The molecule has 4 rings (SSSR count). The number of carbonyl (C=O) groups is 3. The van der Waals surface area contributed by atoms with E-state index in [-0.39, 0.29) is 11.8 Å². The number of aromatic nitrogens is 4. The van der Waals surface area contributed by atoms with E-state index < -0.39 is 17.6 Å². The second kappa shape index (κ2) is 9.11. The van der Waals surface area contributed by atoms with Gasteiger partial charge in [-0.3, -0.25) is 4.79 Å². The second-order valence-corrected chi connectivity index (χ2v) is 6.76. The van der Waals surface area contributed by atoms with Crippen LogP contribution in [-0.2, 0) is 22.4 Å². The van der Waals surface area contributed by atoms with Crippen LogP contribution in [0.2, 0.25) is 0 Å². The van der Waals surface area contributed by atoms with Crippen molar-refractivity contribution >= 4 is 28.9 Å². The fourth-order valence-electron chi connectivity index (χ4n) is 3.37. The summed E-state index contributed by atoms with van der Waals surface area (Å²) in [6, 6.07) is 5.19. The smallest absolute Gasteiger partial charge is 0.333 e. The number of carboxylic acids is 2. The number of fused-ring (bicyclic) bond motifs is 2. The molecule has 0 radical (unpaired) electrons. The number of carbonyl (C=O) groups excluding carboxylic acids is 1. The number of aliphatic carboxylic acids is 2. The van der Waals surface area contributed by atoms with E-state index in [2.05, 4.69) is 15.0 Å². The summed E-state index contributed by atoms with van der Waals surface area (Å²) < 4.78 is 6.38. The van der Waals surface area contributed by atoms with Crippen LogP contribution in [0.25, 0.3) is 11.0 Å². The Balaban J connectivity index is 0.000000293. The maximum atomic E-state index is 12.9. The van der Waals surface area contributed by atoms with E-state index in [4.69, 9.17) is 14.9 Å². The predicted molar refractivity (Wildman–Crippen MR) is 108 cm³/mol. The topological polar surface area (TPSA) is 167 Å². The highest BCUT2D eigenvalue weighted by Crippen LogP contribution is 2.25. The molecule has 1 aliphatic rings. The Morgan fingerprint density at radius 3 is 2.58 bits per heavy atom. The van der Waals surface area contributed by atoms with Gasteiger partial charge in [0.25, 0.3) is 0 Å². The van der Waals surface area contributed by atoms with E-state index in [1.165, 1.54) is 4.57 Å². The van der Waals surface area contributed by atoms with Crippen LogP contribution in [-0.4, -0.2) is 54.7 Å². The van der Waals surface area contributed by atoms with E-state index in [0.29, 0.717) is 41.8 Å². The third kappa shape index (κ3) is 4.89. The monoisotopic (exact) mass is 428 g/mol. The molecule has 0 aliphatic heterocycles. The predicted octanol–water partition coefficient (Wildman–Crippen LogP) is 1.22. The van der Waals surface area contributed by atoms with Gasteiger partial charge >= 0.3 is 17.6 Å². The number of benzene rings is 1. The van der Waals surface area contributed by atoms with E-state index in [0.717, 1.165) is 17.8 Å². The van der Waals surface area contributed by atoms with Gasteiger partial charge in [0.1, 0.15) is 5.75 Å². The van der Waals surface area contributed by atoms with Crippen LogP contribution in [0.5, 0.6) is 5.75 Å². The molecule has 0 saturated heterocycles. The van der Waals surface area contributed by atoms with Crippen molar-refractivity contribution in [3.05, 3.63) is 58.6 Å². The zero-order valence-electron chi connectivity index (χ0n) is 16.5. The number of aryl methyl sites for hydroxylation is 1. The van der Waals surface area contributed by atoms with Crippen molar-refractivity contribution in [2.24, 2.45) is 5.92 Å². The number of aromatic amines is 2. The molecular weight excluding hydrogens is 408 g/mol. The number of hydrogen-bond acceptors (Lipinski definition) is 6. The first kappa shape index (κ1) is 21.6. The number of hydrogen-bond donors (Lipinski definition) is 4. The van der Waals surface area contributed by atoms with Gasteiger partial charge in [0.15, 0.2) is 0 Å². The van der Waals surface area contributed by atoms with Crippen molar-refractivity contribution in [2.45, 2.75) is 19.3 Å². The fraction of sp³-hybridized carbons (Fsp3) is 0.250. The van der Waals surface area contributed by atoms with Crippen molar-refractivity contribution in [3.8, 4) is 5.75 Å². The number of carboxylic acid groups (broad SMARTS) is 2. The summed E-state index contributed by atoms with van der Waals surface area (Å²) in [5.41, 5.74) is 2.77. The third-order valence-electron chi connectivity index (χ3n) is 4.82. The van der Waals surface area contributed by atoms with Crippen molar-refractivity contribution in [1.29, 1.82) is 0 Å². The zero-order valence-corrected chi connectivity index (χ0v) is 16.5. The normalized spacial score (nSPS) is 15.2. The molecule has 0 bridgehead atoms. The Morgan fingerprint density at radius 1 is 1.23 bits per heavy atom. The highest BCUT2D eigenvalue weighted by molar-refractivity contribution is 5.92. The lowest BCUT2D eigenvalue weighted by atomic mass is 9.89. The lowest BCUT2D eigenvalue weighted by Crippen LogP contribution is -2.33. The first-order valence-corrected chi connectivity index (χ1v) is 9.28. The minimum Gasteiger partial charge on any atom is -0.497 e. The van der Waals surface area contributed by atoms with Crippen molar-refractivity contribution in [1.82, 2.24) is 19.5 Å². The summed E-state index contributed by atoms with van der Waals surface area (Å²) in [6.07, 6.45) is 4.82. The maximum absolute atomic E-state index is 12.9. The molecule has 11 heteroatoms. The maximum Gasteiger partial charge on any atom is 0.333 e. The molecule has 11 nitrogen and oxygen atoms in total. The second-order valence-electron chi connectivity index (χ2n) is 6.76. The molecule has 0 fully saturated rings. The molecule has 1 aliphatic carbocycles. The highest BCUT2D eigenvalue weighted by Gasteiger charge is 2.29. The SMILES string of the molecule is COc1ccc2c(c1)[nH]c(=O)n2C(=O)C1CCc2[nH]cnc2C1.O=C(O)/C=C/C(=O)O. The molecule has 1 unspecified atom stereocenters. The molecule has 3 aromatic rings. The van der Waals surface area contributed by atoms with Crippen molar-refractivity contribution < 1.29 is 29.3 Å². The first-order chi connectivity index (χ1) is 14.8. The summed E-state index contributed by atoms with van der Waals surface area (Å²) in [4.78, 5) is 54.3. The van der Waals surface area contributed by atoms with Gasteiger partial charge in [-0.25, -0.2) is 23.9 Å². The minimum absolute atomic E-state index is 0.180. The molecule has 162 valence electrons. The first-order valence-electron chi connectivity index (χ1n) is 9.28. The van der Waals surface area contributed by atoms with Gasteiger partial charge < -0.3 is 24.9 Å². The summed E-state index contributed by atoms with van der Waals surface area (Å²) in [6.45, 7) is 0. The number of imidazole rings is 2. The van der Waals surface area contributed by atoms with Crippen LogP contribution < -0.4 is 10.4 Å². The number of ether oxygens (including phenoxy) is 1. The number of nitrogens with one attached hydrogen (secondary N) is 2. The van der Waals surface area contributed by atoms with E-state index >= 15 is 0 Å². The van der Waals surface area contributed by atoms with E-state index in [9.17, 15) is 19.2 Å². The summed E-state index contributed by atoms with van der Waals surface area (Å²) in [5, 5.41) is 15.6.